The number of hydrogen-bond donors (Lipinski definition) is 3. The van der Waals surface area contributed by atoms with Gasteiger partial charge in [0.2, 0.25) is 0 Å². The molecule has 3 N–H and O–H groups in total. The average Bonchev–Trinajstić information content (AvgIpc) is 2.82. The van der Waals surface area contributed by atoms with Gasteiger partial charge in [-0.15, -0.1) is 0 Å². The van der Waals surface area contributed by atoms with Crippen molar-refractivity contribution in [3.8, 4) is 34.0 Å². The van der Waals surface area contributed by atoms with Gasteiger partial charge in [-0.2, -0.15) is 0 Å². The van der Waals surface area contributed by atoms with Crippen molar-refractivity contribution in [3.05, 3.63) is 85.5 Å². The highest BCUT2D eigenvalue weighted by atomic mass is 16.3. The fourth-order valence-electron chi connectivity index (χ4n) is 3.30. The maximum atomic E-state index is 9.88. The molecule has 31 heavy (non-hydrogen) atoms. The van der Waals surface area contributed by atoms with E-state index in [1.165, 1.54) is 12.1 Å². The van der Waals surface area contributed by atoms with Crippen molar-refractivity contribution in [2.24, 2.45) is 0 Å². The van der Waals surface area contributed by atoms with E-state index in [1.807, 2.05) is 42.5 Å². The summed E-state index contributed by atoms with van der Waals surface area (Å²) in [7, 11) is 0. The molecular formula is C24H17N5O2. The highest BCUT2D eigenvalue weighted by molar-refractivity contribution is 5.95. The first kappa shape index (κ1) is 18.5. The molecule has 150 valence electrons. The van der Waals surface area contributed by atoms with Gasteiger partial charge in [0.15, 0.2) is 17.3 Å². The summed E-state index contributed by atoms with van der Waals surface area (Å²) in [5.74, 6) is 0.694. The van der Waals surface area contributed by atoms with E-state index in [-0.39, 0.29) is 11.5 Å². The fraction of sp³-hybridized carbons (Fsp3) is 0. The molecular weight excluding hydrogens is 390 g/mol. The molecule has 3 aromatic heterocycles. The van der Waals surface area contributed by atoms with Crippen LogP contribution in [0.2, 0.25) is 0 Å². The summed E-state index contributed by atoms with van der Waals surface area (Å²) < 4.78 is 0. The van der Waals surface area contributed by atoms with Gasteiger partial charge >= 0.3 is 0 Å². The van der Waals surface area contributed by atoms with Crippen molar-refractivity contribution < 1.29 is 10.2 Å². The predicted molar refractivity (Wildman–Crippen MR) is 119 cm³/mol. The third kappa shape index (κ3) is 3.72. The standard InChI is InChI=1S/C24H17N5O2/c30-21-8-6-18(12-22(21)31)27-24-19-11-15(16-3-1-9-25-13-16)5-7-20(19)28-23(29-24)17-4-2-10-26-14-17/h1-14,30-31H,(H,27,28,29). The summed E-state index contributed by atoms with van der Waals surface area (Å²) in [6.07, 6.45) is 6.94. The van der Waals surface area contributed by atoms with Gasteiger partial charge in [-0.3, -0.25) is 9.97 Å². The molecule has 2 aromatic carbocycles. The van der Waals surface area contributed by atoms with E-state index in [1.54, 1.807) is 30.9 Å². The van der Waals surface area contributed by atoms with Gasteiger partial charge < -0.3 is 15.5 Å². The zero-order valence-electron chi connectivity index (χ0n) is 16.3. The molecule has 7 heteroatoms. The number of anilines is 2. The Morgan fingerprint density at radius 3 is 2.16 bits per heavy atom. The Kier molecular flexibility index (Phi) is 4.61. The van der Waals surface area contributed by atoms with Crippen LogP contribution in [0, 0.1) is 0 Å². The number of nitrogens with zero attached hydrogens (tertiary/aromatic N) is 4. The minimum atomic E-state index is -0.216. The highest BCUT2D eigenvalue weighted by Crippen LogP contribution is 2.33. The molecule has 5 aromatic rings. The predicted octanol–water partition coefficient (Wildman–Crippen LogP) is 4.91. The lowest BCUT2D eigenvalue weighted by Crippen LogP contribution is -2.00. The second-order valence-corrected chi connectivity index (χ2v) is 6.94. The summed E-state index contributed by atoms with van der Waals surface area (Å²) in [5, 5.41) is 23.6. The first-order valence-electron chi connectivity index (χ1n) is 9.59. The van der Waals surface area contributed by atoms with Crippen LogP contribution in [0.3, 0.4) is 0 Å². The van der Waals surface area contributed by atoms with Crippen LogP contribution < -0.4 is 5.32 Å². The van der Waals surface area contributed by atoms with Crippen LogP contribution in [-0.2, 0) is 0 Å². The van der Waals surface area contributed by atoms with Crippen LogP contribution in [-0.4, -0.2) is 30.1 Å². The number of fused-ring (bicyclic) bond motifs is 1. The number of aromatic nitrogens is 4. The van der Waals surface area contributed by atoms with Gasteiger partial charge in [0.05, 0.1) is 5.52 Å². The Hall–Kier alpha value is -4.52. The minimum Gasteiger partial charge on any atom is -0.504 e. The number of phenols is 2. The quantitative estimate of drug-likeness (QED) is 0.287. The zero-order chi connectivity index (χ0) is 21.2. The summed E-state index contributed by atoms with van der Waals surface area (Å²) in [6, 6.07) is 18.1. The molecule has 0 spiro atoms. The Morgan fingerprint density at radius 1 is 0.677 bits per heavy atom. The van der Waals surface area contributed by atoms with E-state index in [4.69, 9.17) is 9.97 Å². The second-order valence-electron chi connectivity index (χ2n) is 6.94. The Balaban J connectivity index is 1.68. The molecule has 0 saturated heterocycles. The lowest BCUT2D eigenvalue weighted by molar-refractivity contribution is 0.404. The van der Waals surface area contributed by atoms with Crippen LogP contribution in [0.5, 0.6) is 11.5 Å². The lowest BCUT2D eigenvalue weighted by Gasteiger charge is -2.13. The van der Waals surface area contributed by atoms with Crippen molar-refractivity contribution >= 4 is 22.4 Å². The van der Waals surface area contributed by atoms with E-state index in [9.17, 15) is 10.2 Å². The molecule has 0 saturated carbocycles. The van der Waals surface area contributed by atoms with Gasteiger partial charge in [-0.1, -0.05) is 12.1 Å². The molecule has 0 aliphatic heterocycles. The first-order chi connectivity index (χ1) is 15.2. The van der Waals surface area contributed by atoms with Crippen molar-refractivity contribution in [1.82, 2.24) is 19.9 Å². The topological polar surface area (TPSA) is 104 Å². The lowest BCUT2D eigenvalue weighted by atomic mass is 10.0. The first-order valence-corrected chi connectivity index (χ1v) is 9.59. The second kappa shape index (κ2) is 7.72. The molecule has 0 atom stereocenters. The molecule has 0 amide bonds. The fourth-order valence-corrected chi connectivity index (χ4v) is 3.30. The third-order valence-electron chi connectivity index (χ3n) is 4.85. The van der Waals surface area contributed by atoms with Crippen molar-refractivity contribution in [2.45, 2.75) is 0 Å². The van der Waals surface area contributed by atoms with Gasteiger partial charge in [0, 0.05) is 53.1 Å². The Labute approximate surface area is 177 Å². The SMILES string of the molecule is Oc1ccc(Nc2nc(-c3cccnc3)nc3ccc(-c4cccnc4)cc23)cc1O. The minimum absolute atomic E-state index is 0.187. The number of nitrogens with one attached hydrogen (secondary N) is 1. The van der Waals surface area contributed by atoms with E-state index in [0.29, 0.717) is 17.3 Å². The monoisotopic (exact) mass is 407 g/mol. The van der Waals surface area contributed by atoms with E-state index in [0.717, 1.165) is 27.6 Å². The van der Waals surface area contributed by atoms with Crippen molar-refractivity contribution in [1.29, 1.82) is 0 Å². The largest absolute Gasteiger partial charge is 0.504 e. The Bertz CT molecular complexity index is 1380. The van der Waals surface area contributed by atoms with Crippen LogP contribution in [0.1, 0.15) is 0 Å². The maximum absolute atomic E-state index is 9.88. The van der Waals surface area contributed by atoms with Gasteiger partial charge in [-0.05, 0) is 48.0 Å². The molecule has 0 aliphatic rings. The molecule has 0 fully saturated rings. The summed E-state index contributed by atoms with van der Waals surface area (Å²) in [6.45, 7) is 0. The third-order valence-corrected chi connectivity index (χ3v) is 4.85. The van der Waals surface area contributed by atoms with E-state index >= 15 is 0 Å². The molecule has 7 nitrogen and oxygen atoms in total. The van der Waals surface area contributed by atoms with Crippen LogP contribution >= 0.6 is 0 Å². The van der Waals surface area contributed by atoms with E-state index in [2.05, 4.69) is 15.3 Å². The number of aromatic hydroxyl groups is 2. The average molecular weight is 407 g/mol. The number of benzene rings is 2. The number of rotatable bonds is 4. The van der Waals surface area contributed by atoms with Crippen LogP contribution in [0.4, 0.5) is 11.5 Å². The normalized spacial score (nSPS) is 10.8. The van der Waals surface area contributed by atoms with Crippen LogP contribution in [0.25, 0.3) is 33.4 Å². The molecule has 5 rings (SSSR count). The maximum Gasteiger partial charge on any atom is 0.163 e. The Morgan fingerprint density at radius 2 is 1.45 bits per heavy atom. The molecule has 0 radical (unpaired) electrons. The number of phenolic OH excluding ortho intramolecular Hbond substituents is 2. The molecule has 0 unspecified atom stereocenters. The zero-order valence-corrected chi connectivity index (χ0v) is 16.3. The van der Waals surface area contributed by atoms with Crippen molar-refractivity contribution in [3.63, 3.8) is 0 Å². The summed E-state index contributed by atoms with van der Waals surface area (Å²) >= 11 is 0. The van der Waals surface area contributed by atoms with Gasteiger partial charge in [0.1, 0.15) is 5.82 Å². The summed E-state index contributed by atoms with van der Waals surface area (Å²) in [4.78, 5) is 17.8. The summed E-state index contributed by atoms with van der Waals surface area (Å²) in [5.41, 5.74) is 4.09. The number of pyridine rings is 2. The highest BCUT2D eigenvalue weighted by Gasteiger charge is 2.12. The molecule has 3 heterocycles. The number of hydrogen-bond acceptors (Lipinski definition) is 7. The molecule has 0 aliphatic carbocycles. The van der Waals surface area contributed by atoms with E-state index < -0.39 is 0 Å². The van der Waals surface area contributed by atoms with Crippen molar-refractivity contribution in [2.75, 3.05) is 5.32 Å². The van der Waals surface area contributed by atoms with Crippen LogP contribution in [0.15, 0.2) is 85.5 Å². The van der Waals surface area contributed by atoms with Gasteiger partial charge in [0.25, 0.3) is 0 Å². The smallest absolute Gasteiger partial charge is 0.163 e. The van der Waals surface area contributed by atoms with Gasteiger partial charge in [-0.25, -0.2) is 9.97 Å². The molecule has 0 bridgehead atoms.